The lowest BCUT2D eigenvalue weighted by Gasteiger charge is -2.17. The second kappa shape index (κ2) is 11.5. The largest absolute Gasteiger partial charge is 0.461 e. The Morgan fingerprint density at radius 2 is 1.68 bits per heavy atom. The molecule has 6 nitrogen and oxygen atoms in total. The van der Waals surface area contributed by atoms with E-state index in [1.165, 1.54) is 0 Å². The van der Waals surface area contributed by atoms with E-state index in [0.29, 0.717) is 24.2 Å². The third kappa shape index (κ3) is 5.69. The predicted octanol–water partition coefficient (Wildman–Crippen LogP) is 6.49. The minimum absolute atomic E-state index is 0.233. The van der Waals surface area contributed by atoms with Gasteiger partial charge in [-0.15, -0.1) is 0 Å². The Morgan fingerprint density at radius 1 is 1.00 bits per heavy atom. The number of aryl methyl sites for hydroxylation is 1. The molecular weight excluding hydrogens is 474 g/mol. The van der Waals surface area contributed by atoms with Crippen molar-refractivity contribution in [1.82, 2.24) is 9.55 Å². The van der Waals surface area contributed by atoms with Gasteiger partial charge >= 0.3 is 5.97 Å². The maximum atomic E-state index is 13.0. The second-order valence-corrected chi connectivity index (χ2v) is 9.78. The summed E-state index contributed by atoms with van der Waals surface area (Å²) in [6, 6.07) is 26.3. The van der Waals surface area contributed by atoms with Crippen molar-refractivity contribution in [2.75, 3.05) is 6.61 Å². The lowest BCUT2D eigenvalue weighted by atomic mass is 9.94. The lowest BCUT2D eigenvalue weighted by Crippen LogP contribution is -2.23. The molecule has 0 radical (unpaired) electrons. The van der Waals surface area contributed by atoms with Gasteiger partial charge < -0.3 is 14.4 Å². The van der Waals surface area contributed by atoms with E-state index in [2.05, 4.69) is 30.1 Å². The number of carbonyl (C=O) groups is 1. The Labute approximate surface area is 224 Å². The topological polar surface area (TPSA) is 88.1 Å². The van der Waals surface area contributed by atoms with Crippen LogP contribution in [0.4, 0.5) is 0 Å². The number of rotatable bonds is 9. The first-order chi connectivity index (χ1) is 18.3. The molecule has 1 N–H and O–H groups in total. The molecule has 4 aromatic rings. The van der Waals surface area contributed by atoms with Crippen molar-refractivity contribution in [3.8, 4) is 28.3 Å². The number of imidazole rings is 1. The fourth-order valence-corrected chi connectivity index (χ4v) is 4.58. The Bertz CT molecular complexity index is 1460. The van der Waals surface area contributed by atoms with Gasteiger partial charge in [-0.1, -0.05) is 67.6 Å². The number of hydrogen-bond acceptors (Lipinski definition) is 5. The molecule has 0 aliphatic carbocycles. The highest BCUT2D eigenvalue weighted by Gasteiger charge is 2.32. The van der Waals surface area contributed by atoms with Crippen LogP contribution < -0.4 is 0 Å². The molecule has 0 amide bonds. The Hall–Kier alpha value is -4.21. The van der Waals surface area contributed by atoms with Gasteiger partial charge in [0.2, 0.25) is 0 Å². The summed E-state index contributed by atoms with van der Waals surface area (Å²) in [4.78, 5) is 17.6. The van der Waals surface area contributed by atoms with E-state index < -0.39 is 11.6 Å². The first kappa shape index (κ1) is 26.8. The molecule has 0 spiro atoms. The average Bonchev–Trinajstić information content (AvgIpc) is 3.28. The van der Waals surface area contributed by atoms with E-state index in [1.54, 1.807) is 20.8 Å². The lowest BCUT2D eigenvalue weighted by molar-refractivity contribution is 0.0469. The fourth-order valence-electron chi connectivity index (χ4n) is 4.58. The van der Waals surface area contributed by atoms with E-state index in [4.69, 9.17) is 4.74 Å². The Balaban J connectivity index is 1.72. The molecule has 0 aliphatic heterocycles. The molecule has 0 bridgehead atoms. The van der Waals surface area contributed by atoms with E-state index in [-0.39, 0.29) is 12.3 Å². The summed E-state index contributed by atoms with van der Waals surface area (Å²) in [5.74, 6) is 0.242. The summed E-state index contributed by atoms with van der Waals surface area (Å²) < 4.78 is 7.20. The maximum absolute atomic E-state index is 13.0. The summed E-state index contributed by atoms with van der Waals surface area (Å²) in [6.07, 6.45) is 1.51. The van der Waals surface area contributed by atoms with Crippen molar-refractivity contribution in [2.24, 2.45) is 0 Å². The van der Waals surface area contributed by atoms with Crippen molar-refractivity contribution in [3.05, 3.63) is 101 Å². The van der Waals surface area contributed by atoms with E-state index in [9.17, 15) is 15.2 Å². The van der Waals surface area contributed by atoms with Crippen LogP contribution in [0.15, 0.2) is 72.8 Å². The van der Waals surface area contributed by atoms with Gasteiger partial charge in [0.05, 0.1) is 18.2 Å². The molecule has 0 fully saturated rings. The highest BCUT2D eigenvalue weighted by atomic mass is 16.5. The highest BCUT2D eigenvalue weighted by molar-refractivity contribution is 5.89. The monoisotopic (exact) mass is 507 g/mol. The van der Waals surface area contributed by atoms with Crippen LogP contribution in [0.5, 0.6) is 0 Å². The molecule has 1 heterocycles. The fraction of sp³-hybridized carbons (Fsp3) is 0.281. The number of hydrogen-bond donors (Lipinski definition) is 1. The number of esters is 1. The smallest absolute Gasteiger partial charge is 0.357 e. The number of nitrogens with zero attached hydrogens (tertiary/aromatic N) is 3. The predicted molar refractivity (Wildman–Crippen MR) is 149 cm³/mol. The molecule has 1 aromatic heterocycles. The Morgan fingerprint density at radius 3 is 2.29 bits per heavy atom. The van der Waals surface area contributed by atoms with Crippen LogP contribution in [0, 0.1) is 11.3 Å². The molecule has 0 atom stereocenters. The van der Waals surface area contributed by atoms with E-state index in [0.717, 1.165) is 40.1 Å². The average molecular weight is 508 g/mol. The number of aliphatic hydroxyl groups is 1. The van der Waals surface area contributed by atoms with Gasteiger partial charge in [0.15, 0.2) is 5.69 Å². The minimum Gasteiger partial charge on any atom is -0.461 e. The zero-order valence-corrected chi connectivity index (χ0v) is 22.4. The van der Waals surface area contributed by atoms with Crippen LogP contribution in [0.25, 0.3) is 22.3 Å². The van der Waals surface area contributed by atoms with Gasteiger partial charge in [-0.05, 0) is 61.6 Å². The number of benzene rings is 3. The minimum atomic E-state index is -1.29. The van der Waals surface area contributed by atoms with Gasteiger partial charge in [0, 0.05) is 18.5 Å². The summed E-state index contributed by atoms with van der Waals surface area (Å²) in [5, 5.41) is 20.5. The normalized spacial score (nSPS) is 11.3. The molecule has 0 aliphatic rings. The summed E-state index contributed by atoms with van der Waals surface area (Å²) in [5.41, 5.74) is 4.83. The number of ether oxygens (including phenoxy) is 1. The van der Waals surface area contributed by atoms with E-state index in [1.807, 2.05) is 65.2 Å². The first-order valence-corrected chi connectivity index (χ1v) is 12.9. The third-order valence-corrected chi connectivity index (χ3v) is 6.42. The van der Waals surface area contributed by atoms with Gasteiger partial charge in [-0.25, -0.2) is 9.78 Å². The van der Waals surface area contributed by atoms with Crippen LogP contribution in [0.3, 0.4) is 0 Å². The molecule has 6 heteroatoms. The molecule has 3 aromatic carbocycles. The van der Waals surface area contributed by atoms with Crippen LogP contribution >= 0.6 is 0 Å². The standard InChI is InChI=1S/C32H33N3O3/c1-5-10-28-34-30(32(3,4)37)29(31(36)38-6-2)35(28)21-22-13-15-24(16-14-22)27-19-25(17-18-26(27)20-33)23-11-8-7-9-12-23/h7-9,11-19,37H,5-6,10,21H2,1-4H3. The number of carbonyl (C=O) groups excluding carboxylic acids is 1. The van der Waals surface area contributed by atoms with Crippen LogP contribution in [-0.4, -0.2) is 27.2 Å². The van der Waals surface area contributed by atoms with Gasteiger partial charge in [0.1, 0.15) is 17.1 Å². The van der Waals surface area contributed by atoms with E-state index >= 15 is 0 Å². The molecule has 0 saturated carbocycles. The number of nitriles is 1. The van der Waals surface area contributed by atoms with Crippen molar-refractivity contribution in [2.45, 2.75) is 52.7 Å². The molecule has 0 unspecified atom stereocenters. The molecule has 0 saturated heterocycles. The van der Waals surface area contributed by atoms with Crippen molar-refractivity contribution < 1.29 is 14.6 Å². The zero-order chi connectivity index (χ0) is 27.3. The van der Waals surface area contributed by atoms with Crippen LogP contribution in [-0.2, 0) is 23.3 Å². The third-order valence-electron chi connectivity index (χ3n) is 6.42. The van der Waals surface area contributed by atoms with Crippen molar-refractivity contribution in [3.63, 3.8) is 0 Å². The molecular formula is C32H33N3O3. The SMILES string of the molecule is CCCc1nc(C(C)(C)O)c(C(=O)OCC)n1Cc1ccc(-c2cc(-c3ccccc3)ccc2C#N)cc1. The van der Waals surface area contributed by atoms with Crippen LogP contribution in [0.2, 0.25) is 0 Å². The second-order valence-electron chi connectivity index (χ2n) is 9.78. The summed E-state index contributed by atoms with van der Waals surface area (Å²) in [7, 11) is 0. The molecule has 194 valence electrons. The first-order valence-electron chi connectivity index (χ1n) is 12.9. The van der Waals surface area contributed by atoms with Gasteiger partial charge in [0.25, 0.3) is 0 Å². The van der Waals surface area contributed by atoms with Gasteiger partial charge in [-0.2, -0.15) is 5.26 Å². The molecule has 4 rings (SSSR count). The van der Waals surface area contributed by atoms with Crippen molar-refractivity contribution >= 4 is 5.97 Å². The number of aromatic nitrogens is 2. The van der Waals surface area contributed by atoms with Gasteiger partial charge in [-0.3, -0.25) is 0 Å². The van der Waals surface area contributed by atoms with Crippen molar-refractivity contribution in [1.29, 1.82) is 5.26 Å². The molecule has 38 heavy (non-hydrogen) atoms. The van der Waals surface area contributed by atoms with Crippen LogP contribution in [0.1, 0.15) is 67.2 Å². The Kier molecular flexibility index (Phi) is 8.09. The summed E-state index contributed by atoms with van der Waals surface area (Å²) in [6.45, 7) is 7.71. The zero-order valence-electron chi connectivity index (χ0n) is 22.4. The highest BCUT2D eigenvalue weighted by Crippen LogP contribution is 2.31. The maximum Gasteiger partial charge on any atom is 0.357 e. The summed E-state index contributed by atoms with van der Waals surface area (Å²) >= 11 is 0. The quantitative estimate of drug-likeness (QED) is 0.262.